The highest BCUT2D eigenvalue weighted by Crippen LogP contribution is 2.12. The standard InChI is InChI=1S/C14H13ClN2O2S/c1-11(12-6-5-7-13(15)10-12)16-17-20(18,19)14-8-3-2-4-9-14/h2-10,17H,1H3/b16-11+. The van der Waals surface area contributed by atoms with E-state index in [1.165, 1.54) is 12.1 Å². The number of sulfonamides is 1. The van der Waals surface area contributed by atoms with Gasteiger partial charge in [-0.15, -0.1) is 0 Å². The minimum atomic E-state index is -3.64. The SMILES string of the molecule is C/C(=N\NS(=O)(=O)c1ccccc1)c1cccc(Cl)c1. The van der Waals surface area contributed by atoms with Crippen LogP contribution in [0.5, 0.6) is 0 Å². The maximum Gasteiger partial charge on any atom is 0.276 e. The van der Waals surface area contributed by atoms with Crippen LogP contribution in [-0.2, 0) is 10.0 Å². The molecule has 0 amide bonds. The van der Waals surface area contributed by atoms with Crippen molar-refractivity contribution in [1.29, 1.82) is 0 Å². The summed E-state index contributed by atoms with van der Waals surface area (Å²) in [6.45, 7) is 1.71. The summed E-state index contributed by atoms with van der Waals surface area (Å²) >= 11 is 5.88. The number of nitrogens with one attached hydrogen (secondary N) is 1. The van der Waals surface area contributed by atoms with E-state index in [9.17, 15) is 8.42 Å². The molecule has 6 heteroatoms. The molecule has 0 saturated carbocycles. The van der Waals surface area contributed by atoms with Gasteiger partial charge in [-0.05, 0) is 36.8 Å². The molecule has 2 aromatic rings. The van der Waals surface area contributed by atoms with Gasteiger partial charge in [-0.2, -0.15) is 18.4 Å². The summed E-state index contributed by atoms with van der Waals surface area (Å²) in [7, 11) is -3.64. The van der Waals surface area contributed by atoms with Crippen LogP contribution >= 0.6 is 11.6 Å². The fraction of sp³-hybridized carbons (Fsp3) is 0.0714. The zero-order valence-corrected chi connectivity index (χ0v) is 12.3. The van der Waals surface area contributed by atoms with Crippen molar-refractivity contribution in [1.82, 2.24) is 4.83 Å². The van der Waals surface area contributed by atoms with Gasteiger partial charge in [0, 0.05) is 5.02 Å². The molecule has 0 aliphatic rings. The van der Waals surface area contributed by atoms with Gasteiger partial charge in [0.1, 0.15) is 0 Å². The smallest absolute Gasteiger partial charge is 0.200 e. The highest BCUT2D eigenvalue weighted by atomic mass is 35.5. The van der Waals surface area contributed by atoms with E-state index in [1.54, 1.807) is 43.3 Å². The Labute approximate surface area is 123 Å². The molecule has 0 bridgehead atoms. The molecule has 0 fully saturated rings. The van der Waals surface area contributed by atoms with Crippen LogP contribution in [0.15, 0.2) is 64.6 Å². The lowest BCUT2D eigenvalue weighted by molar-refractivity contribution is 0.584. The molecule has 0 heterocycles. The van der Waals surface area contributed by atoms with E-state index in [4.69, 9.17) is 11.6 Å². The zero-order chi connectivity index (χ0) is 14.6. The molecule has 2 rings (SSSR count). The normalized spacial score (nSPS) is 12.2. The number of hydrogen-bond donors (Lipinski definition) is 1. The second-order valence-corrected chi connectivity index (χ2v) is 6.21. The molecule has 0 atom stereocenters. The van der Waals surface area contributed by atoms with Gasteiger partial charge in [0.25, 0.3) is 10.0 Å². The zero-order valence-electron chi connectivity index (χ0n) is 10.7. The second kappa shape index (κ2) is 6.07. The molecule has 0 spiro atoms. The van der Waals surface area contributed by atoms with Crippen molar-refractivity contribution in [2.24, 2.45) is 5.10 Å². The third kappa shape index (κ3) is 3.59. The lowest BCUT2D eigenvalue weighted by atomic mass is 10.1. The molecule has 0 unspecified atom stereocenters. The first-order valence-electron chi connectivity index (χ1n) is 5.86. The van der Waals surface area contributed by atoms with Gasteiger partial charge in [0.2, 0.25) is 0 Å². The van der Waals surface area contributed by atoms with E-state index in [0.29, 0.717) is 10.7 Å². The van der Waals surface area contributed by atoms with Crippen molar-refractivity contribution in [2.75, 3.05) is 0 Å². The van der Waals surface area contributed by atoms with Crippen molar-refractivity contribution in [3.05, 3.63) is 65.2 Å². The Kier molecular flexibility index (Phi) is 4.42. The Morgan fingerprint density at radius 2 is 1.80 bits per heavy atom. The highest BCUT2D eigenvalue weighted by molar-refractivity contribution is 7.89. The van der Waals surface area contributed by atoms with E-state index < -0.39 is 10.0 Å². The summed E-state index contributed by atoms with van der Waals surface area (Å²) in [5.41, 5.74) is 1.29. The topological polar surface area (TPSA) is 58.5 Å². The summed E-state index contributed by atoms with van der Waals surface area (Å²) in [6, 6.07) is 15.1. The van der Waals surface area contributed by atoms with E-state index in [2.05, 4.69) is 9.93 Å². The molecule has 4 nitrogen and oxygen atoms in total. The summed E-state index contributed by atoms with van der Waals surface area (Å²) in [5.74, 6) is 0. The van der Waals surface area contributed by atoms with Crippen molar-refractivity contribution in [3.63, 3.8) is 0 Å². The first-order chi connectivity index (χ1) is 9.49. The Morgan fingerprint density at radius 1 is 1.10 bits per heavy atom. The summed E-state index contributed by atoms with van der Waals surface area (Å²) in [6.07, 6.45) is 0. The molecule has 2 aromatic carbocycles. The molecule has 0 saturated heterocycles. The largest absolute Gasteiger partial charge is 0.276 e. The predicted octanol–water partition coefficient (Wildman–Crippen LogP) is 3.04. The lowest BCUT2D eigenvalue weighted by Gasteiger charge is -2.05. The summed E-state index contributed by atoms with van der Waals surface area (Å²) in [4.78, 5) is 2.38. The summed E-state index contributed by atoms with van der Waals surface area (Å²) < 4.78 is 24.0. The van der Waals surface area contributed by atoms with Crippen LogP contribution in [0, 0.1) is 0 Å². The fourth-order valence-electron chi connectivity index (χ4n) is 1.56. The molecule has 104 valence electrons. The van der Waals surface area contributed by atoms with Crippen molar-refractivity contribution in [3.8, 4) is 0 Å². The molecular weight excluding hydrogens is 296 g/mol. The maximum absolute atomic E-state index is 12.0. The average molecular weight is 309 g/mol. The molecule has 0 aromatic heterocycles. The lowest BCUT2D eigenvalue weighted by Crippen LogP contribution is -2.19. The number of halogens is 1. The van der Waals surface area contributed by atoms with Gasteiger partial charge in [-0.25, -0.2) is 0 Å². The minimum Gasteiger partial charge on any atom is -0.200 e. The minimum absolute atomic E-state index is 0.169. The highest BCUT2D eigenvalue weighted by Gasteiger charge is 2.11. The van der Waals surface area contributed by atoms with E-state index >= 15 is 0 Å². The van der Waals surface area contributed by atoms with Crippen molar-refractivity contribution >= 4 is 27.3 Å². The third-order valence-electron chi connectivity index (χ3n) is 2.63. The average Bonchev–Trinajstić information content (AvgIpc) is 2.46. The van der Waals surface area contributed by atoms with Crippen LogP contribution in [0.3, 0.4) is 0 Å². The van der Waals surface area contributed by atoms with Crippen molar-refractivity contribution in [2.45, 2.75) is 11.8 Å². The van der Waals surface area contributed by atoms with Crippen LogP contribution in [0.2, 0.25) is 5.02 Å². The Hall–Kier alpha value is -1.85. The van der Waals surface area contributed by atoms with E-state index in [-0.39, 0.29) is 4.90 Å². The monoisotopic (exact) mass is 308 g/mol. The third-order valence-corrected chi connectivity index (χ3v) is 4.09. The van der Waals surface area contributed by atoms with Gasteiger partial charge in [0.05, 0.1) is 10.6 Å². The van der Waals surface area contributed by atoms with Gasteiger partial charge < -0.3 is 0 Å². The van der Waals surface area contributed by atoms with E-state index in [0.717, 1.165) is 5.56 Å². The molecule has 20 heavy (non-hydrogen) atoms. The second-order valence-electron chi connectivity index (χ2n) is 4.12. The van der Waals surface area contributed by atoms with Crippen LogP contribution in [0.25, 0.3) is 0 Å². The quantitative estimate of drug-likeness (QED) is 0.697. The van der Waals surface area contributed by atoms with Crippen LogP contribution in [0.1, 0.15) is 12.5 Å². The van der Waals surface area contributed by atoms with Gasteiger partial charge >= 0.3 is 0 Å². The van der Waals surface area contributed by atoms with Gasteiger partial charge in [-0.3, -0.25) is 0 Å². The molecule has 0 aliphatic heterocycles. The van der Waals surface area contributed by atoms with E-state index in [1.807, 2.05) is 6.07 Å². The molecular formula is C14H13ClN2O2S. The number of hydrazone groups is 1. The van der Waals surface area contributed by atoms with Crippen molar-refractivity contribution < 1.29 is 8.42 Å². The number of benzene rings is 2. The number of rotatable bonds is 4. The van der Waals surface area contributed by atoms with Crippen LogP contribution in [0.4, 0.5) is 0 Å². The summed E-state index contributed by atoms with van der Waals surface area (Å²) in [5, 5.41) is 4.48. The maximum atomic E-state index is 12.0. The van der Waals surface area contributed by atoms with Gasteiger partial charge in [-0.1, -0.05) is 41.9 Å². The molecule has 0 radical (unpaired) electrons. The number of nitrogens with zero attached hydrogens (tertiary/aromatic N) is 1. The first-order valence-corrected chi connectivity index (χ1v) is 7.72. The number of hydrogen-bond acceptors (Lipinski definition) is 3. The molecule has 1 N–H and O–H groups in total. The van der Waals surface area contributed by atoms with Crippen LogP contribution in [-0.4, -0.2) is 14.1 Å². The predicted molar refractivity (Wildman–Crippen MR) is 80.4 cm³/mol. The Balaban J connectivity index is 2.21. The first kappa shape index (κ1) is 14.6. The van der Waals surface area contributed by atoms with Gasteiger partial charge in [0.15, 0.2) is 0 Å². The van der Waals surface area contributed by atoms with Crippen LogP contribution < -0.4 is 4.83 Å². The Bertz CT molecular complexity index is 728. The Morgan fingerprint density at radius 3 is 2.45 bits per heavy atom. The molecule has 0 aliphatic carbocycles. The fourth-order valence-corrected chi connectivity index (χ4v) is 2.63.